The number of pyridine rings is 1. The Morgan fingerprint density at radius 3 is 2.76 bits per heavy atom. The molecule has 2 aromatic rings. The van der Waals surface area contributed by atoms with Crippen molar-refractivity contribution in [3.05, 3.63) is 53.7 Å². The monoisotopic (exact) mass is 228 g/mol. The Morgan fingerprint density at radius 1 is 1.24 bits per heavy atom. The van der Waals surface area contributed by atoms with Gasteiger partial charge in [-0.25, -0.2) is 4.98 Å². The highest BCUT2D eigenvalue weighted by Gasteiger charge is 2.09. The van der Waals surface area contributed by atoms with E-state index in [-0.39, 0.29) is 6.61 Å². The Labute approximate surface area is 101 Å². The Morgan fingerprint density at radius 2 is 2.06 bits per heavy atom. The van der Waals surface area contributed by atoms with E-state index >= 15 is 0 Å². The summed E-state index contributed by atoms with van der Waals surface area (Å²) in [4.78, 5) is 6.31. The highest BCUT2D eigenvalue weighted by molar-refractivity contribution is 5.62. The molecule has 2 rings (SSSR count). The molecule has 0 unspecified atom stereocenters. The van der Waals surface area contributed by atoms with Gasteiger partial charge in [-0.05, 0) is 30.7 Å². The predicted octanol–water partition coefficient (Wildman–Crippen LogP) is 2.65. The summed E-state index contributed by atoms with van der Waals surface area (Å²) in [6, 6.07) is 11.9. The molecule has 17 heavy (non-hydrogen) atoms. The molecule has 1 aromatic heterocycles. The summed E-state index contributed by atoms with van der Waals surface area (Å²) in [5, 5.41) is 9.30. The van der Waals surface area contributed by atoms with Crippen LogP contribution in [0.25, 0.3) is 0 Å². The minimum atomic E-state index is -0.000666. The largest absolute Gasteiger partial charge is 0.392 e. The molecule has 0 radical (unpaired) electrons. The van der Waals surface area contributed by atoms with E-state index in [1.165, 1.54) is 5.56 Å². The van der Waals surface area contributed by atoms with Crippen molar-refractivity contribution >= 4 is 11.5 Å². The maximum atomic E-state index is 9.30. The summed E-state index contributed by atoms with van der Waals surface area (Å²) in [7, 11) is 1.95. The van der Waals surface area contributed by atoms with Gasteiger partial charge in [0.2, 0.25) is 0 Å². The van der Waals surface area contributed by atoms with Crippen LogP contribution in [-0.2, 0) is 6.61 Å². The topological polar surface area (TPSA) is 36.4 Å². The lowest BCUT2D eigenvalue weighted by Gasteiger charge is -2.20. The van der Waals surface area contributed by atoms with E-state index in [4.69, 9.17) is 0 Å². The van der Waals surface area contributed by atoms with Crippen molar-refractivity contribution in [3.63, 3.8) is 0 Å². The molecule has 0 bridgehead atoms. The van der Waals surface area contributed by atoms with Crippen molar-refractivity contribution in [2.45, 2.75) is 13.5 Å². The van der Waals surface area contributed by atoms with Gasteiger partial charge in [-0.15, -0.1) is 0 Å². The molecular formula is C14H16N2O. The summed E-state index contributed by atoms with van der Waals surface area (Å²) < 4.78 is 0. The van der Waals surface area contributed by atoms with Crippen molar-refractivity contribution in [3.8, 4) is 0 Å². The first-order valence-electron chi connectivity index (χ1n) is 5.57. The van der Waals surface area contributed by atoms with Crippen LogP contribution in [0.15, 0.2) is 42.6 Å². The number of anilines is 2. The molecule has 3 nitrogen and oxygen atoms in total. The number of aromatic nitrogens is 1. The molecule has 0 amide bonds. The first-order valence-corrected chi connectivity index (χ1v) is 5.57. The van der Waals surface area contributed by atoms with E-state index in [1.807, 2.05) is 36.2 Å². The van der Waals surface area contributed by atoms with E-state index in [1.54, 1.807) is 6.20 Å². The molecular weight excluding hydrogens is 212 g/mol. The van der Waals surface area contributed by atoms with E-state index in [2.05, 4.69) is 24.0 Å². The molecule has 0 spiro atoms. The molecule has 3 heteroatoms. The lowest BCUT2D eigenvalue weighted by atomic mass is 10.2. The summed E-state index contributed by atoms with van der Waals surface area (Å²) in [6.45, 7) is 2.06. The first kappa shape index (κ1) is 11.6. The highest BCUT2D eigenvalue weighted by atomic mass is 16.3. The number of nitrogens with zero attached hydrogens (tertiary/aromatic N) is 2. The van der Waals surface area contributed by atoms with Gasteiger partial charge in [-0.3, -0.25) is 0 Å². The van der Waals surface area contributed by atoms with Gasteiger partial charge in [0, 0.05) is 24.5 Å². The average molecular weight is 228 g/mol. The summed E-state index contributed by atoms with van der Waals surface area (Å²) in [6.07, 6.45) is 1.74. The SMILES string of the molecule is Cc1cccc(N(C)c2ncccc2CO)c1. The molecule has 1 heterocycles. The number of aryl methyl sites for hydroxylation is 1. The van der Waals surface area contributed by atoms with Gasteiger partial charge in [-0.2, -0.15) is 0 Å². The zero-order valence-corrected chi connectivity index (χ0v) is 10.1. The van der Waals surface area contributed by atoms with Crippen LogP contribution in [0.1, 0.15) is 11.1 Å². The van der Waals surface area contributed by atoms with E-state index in [0.717, 1.165) is 17.1 Å². The molecule has 0 saturated heterocycles. The van der Waals surface area contributed by atoms with E-state index in [9.17, 15) is 5.11 Å². The fourth-order valence-electron chi connectivity index (χ4n) is 1.81. The third-order valence-electron chi connectivity index (χ3n) is 2.74. The standard InChI is InChI=1S/C14H16N2O/c1-11-5-3-7-13(9-11)16(2)14-12(10-17)6-4-8-15-14/h3-9,17H,10H2,1-2H3. The van der Waals surface area contributed by atoms with Crippen LogP contribution >= 0.6 is 0 Å². The van der Waals surface area contributed by atoms with Crippen molar-refractivity contribution in [2.24, 2.45) is 0 Å². The number of aliphatic hydroxyl groups excluding tert-OH is 1. The summed E-state index contributed by atoms with van der Waals surface area (Å²) >= 11 is 0. The number of benzene rings is 1. The van der Waals surface area contributed by atoms with Crippen LogP contribution in [0.3, 0.4) is 0 Å². The molecule has 1 aromatic carbocycles. The minimum absolute atomic E-state index is 0.000666. The van der Waals surface area contributed by atoms with Crippen molar-refractivity contribution < 1.29 is 5.11 Å². The van der Waals surface area contributed by atoms with Crippen molar-refractivity contribution in [1.29, 1.82) is 0 Å². The Balaban J connectivity index is 2.40. The highest BCUT2D eigenvalue weighted by Crippen LogP contribution is 2.25. The summed E-state index contributed by atoms with van der Waals surface area (Å²) in [5.41, 5.74) is 3.10. The van der Waals surface area contributed by atoms with Gasteiger partial charge in [0.1, 0.15) is 5.82 Å². The second-order valence-electron chi connectivity index (χ2n) is 4.04. The van der Waals surface area contributed by atoms with E-state index in [0.29, 0.717) is 0 Å². The number of hydrogen-bond acceptors (Lipinski definition) is 3. The van der Waals surface area contributed by atoms with Crippen LogP contribution in [0.2, 0.25) is 0 Å². The van der Waals surface area contributed by atoms with Crippen LogP contribution in [0.5, 0.6) is 0 Å². The fourth-order valence-corrected chi connectivity index (χ4v) is 1.81. The zero-order valence-electron chi connectivity index (χ0n) is 10.1. The third kappa shape index (κ3) is 2.45. The fraction of sp³-hybridized carbons (Fsp3) is 0.214. The Kier molecular flexibility index (Phi) is 3.40. The van der Waals surface area contributed by atoms with Crippen LogP contribution in [0.4, 0.5) is 11.5 Å². The predicted molar refractivity (Wildman–Crippen MR) is 69.4 cm³/mol. The Hall–Kier alpha value is -1.87. The molecule has 0 saturated carbocycles. The molecule has 88 valence electrons. The molecule has 0 aliphatic heterocycles. The zero-order chi connectivity index (χ0) is 12.3. The van der Waals surface area contributed by atoms with Crippen molar-refractivity contribution in [1.82, 2.24) is 4.98 Å². The maximum Gasteiger partial charge on any atom is 0.138 e. The maximum absolute atomic E-state index is 9.30. The van der Waals surface area contributed by atoms with Crippen LogP contribution in [-0.4, -0.2) is 17.1 Å². The van der Waals surface area contributed by atoms with Crippen LogP contribution < -0.4 is 4.90 Å². The second-order valence-corrected chi connectivity index (χ2v) is 4.04. The van der Waals surface area contributed by atoms with Gasteiger partial charge >= 0.3 is 0 Å². The Bertz CT molecular complexity index is 511. The second kappa shape index (κ2) is 4.97. The molecule has 0 aliphatic carbocycles. The normalized spacial score (nSPS) is 10.3. The first-order chi connectivity index (χ1) is 8.22. The van der Waals surface area contributed by atoms with E-state index < -0.39 is 0 Å². The average Bonchev–Trinajstić information content (AvgIpc) is 2.38. The third-order valence-corrected chi connectivity index (χ3v) is 2.74. The molecule has 1 N–H and O–H groups in total. The lowest BCUT2D eigenvalue weighted by Crippen LogP contribution is -2.13. The number of hydrogen-bond donors (Lipinski definition) is 1. The molecule has 0 aliphatic rings. The number of aliphatic hydroxyl groups is 1. The van der Waals surface area contributed by atoms with Gasteiger partial charge in [0.25, 0.3) is 0 Å². The number of rotatable bonds is 3. The van der Waals surface area contributed by atoms with Gasteiger partial charge in [-0.1, -0.05) is 18.2 Å². The van der Waals surface area contributed by atoms with Gasteiger partial charge < -0.3 is 10.0 Å². The quantitative estimate of drug-likeness (QED) is 0.877. The molecule has 0 fully saturated rings. The summed E-state index contributed by atoms with van der Waals surface area (Å²) in [5.74, 6) is 0.792. The minimum Gasteiger partial charge on any atom is -0.392 e. The van der Waals surface area contributed by atoms with Gasteiger partial charge in [0.15, 0.2) is 0 Å². The van der Waals surface area contributed by atoms with Crippen molar-refractivity contribution in [2.75, 3.05) is 11.9 Å². The lowest BCUT2D eigenvalue weighted by molar-refractivity contribution is 0.282. The molecule has 0 atom stereocenters. The van der Waals surface area contributed by atoms with Crippen LogP contribution in [0, 0.1) is 6.92 Å². The smallest absolute Gasteiger partial charge is 0.138 e. The van der Waals surface area contributed by atoms with Gasteiger partial charge in [0.05, 0.1) is 6.61 Å².